The summed E-state index contributed by atoms with van der Waals surface area (Å²) >= 11 is 0. The van der Waals surface area contributed by atoms with Gasteiger partial charge in [0.25, 0.3) is 0 Å². The molecule has 0 aromatic heterocycles. The number of amides is 1. The zero-order valence-corrected chi connectivity index (χ0v) is 15.0. The average Bonchev–Trinajstić information content (AvgIpc) is 2.60. The van der Waals surface area contributed by atoms with Crippen LogP contribution < -0.4 is 0 Å². The maximum atomic E-state index is 12.6. The molecule has 0 unspecified atom stereocenters. The molecular weight excluding hydrogens is 310 g/mol. The van der Waals surface area contributed by atoms with E-state index in [1.54, 1.807) is 0 Å². The number of esters is 1. The van der Waals surface area contributed by atoms with Crippen LogP contribution in [0.1, 0.15) is 52.4 Å². The Balaban J connectivity index is 2.06. The van der Waals surface area contributed by atoms with Crippen molar-refractivity contribution < 1.29 is 23.9 Å². The van der Waals surface area contributed by atoms with E-state index in [9.17, 15) is 14.4 Å². The standard InChI is InChI=1S/C18H29NO5/c1-4-12(5-2)11-24-17(21)16-9-14-8-15(20)7-6-13(14)10-19(16)18(22)23-3/h12-14,16H,4-11H2,1-3H3/t13-,14+,16-/m0/s1. The van der Waals surface area contributed by atoms with Gasteiger partial charge in [-0.3, -0.25) is 9.69 Å². The van der Waals surface area contributed by atoms with E-state index in [2.05, 4.69) is 13.8 Å². The number of hydrogen-bond donors (Lipinski definition) is 0. The van der Waals surface area contributed by atoms with E-state index in [-0.39, 0.29) is 23.6 Å². The zero-order chi connectivity index (χ0) is 17.7. The summed E-state index contributed by atoms with van der Waals surface area (Å²) in [7, 11) is 1.32. The highest BCUT2D eigenvalue weighted by Gasteiger charge is 2.44. The van der Waals surface area contributed by atoms with Gasteiger partial charge in [-0.2, -0.15) is 0 Å². The molecule has 6 heteroatoms. The molecule has 1 amide bonds. The van der Waals surface area contributed by atoms with Crippen LogP contribution in [-0.2, 0) is 19.1 Å². The Kier molecular flexibility index (Phi) is 6.63. The molecule has 1 saturated heterocycles. The predicted molar refractivity (Wildman–Crippen MR) is 88.4 cm³/mol. The molecule has 136 valence electrons. The topological polar surface area (TPSA) is 72.9 Å². The Morgan fingerprint density at radius 3 is 2.58 bits per heavy atom. The second kappa shape index (κ2) is 8.49. The lowest BCUT2D eigenvalue weighted by Gasteiger charge is -2.43. The number of ketones is 1. The quantitative estimate of drug-likeness (QED) is 0.720. The van der Waals surface area contributed by atoms with Crippen molar-refractivity contribution in [2.45, 2.75) is 58.4 Å². The van der Waals surface area contributed by atoms with Crippen molar-refractivity contribution in [3.05, 3.63) is 0 Å². The van der Waals surface area contributed by atoms with E-state index in [0.717, 1.165) is 19.3 Å². The fraction of sp³-hybridized carbons (Fsp3) is 0.833. The van der Waals surface area contributed by atoms with Crippen LogP contribution in [-0.4, -0.2) is 49.0 Å². The number of likely N-dealkylation sites (tertiary alicyclic amines) is 1. The predicted octanol–water partition coefficient (Wildman–Crippen LogP) is 2.79. The van der Waals surface area contributed by atoms with Crippen LogP contribution in [0.2, 0.25) is 0 Å². The number of piperidine rings is 1. The zero-order valence-electron chi connectivity index (χ0n) is 15.0. The molecule has 0 radical (unpaired) electrons. The molecule has 2 rings (SSSR count). The van der Waals surface area contributed by atoms with Gasteiger partial charge in [-0.1, -0.05) is 26.7 Å². The third-order valence-electron chi connectivity index (χ3n) is 5.58. The largest absolute Gasteiger partial charge is 0.464 e. The van der Waals surface area contributed by atoms with Gasteiger partial charge in [0.2, 0.25) is 0 Å². The minimum atomic E-state index is -0.640. The van der Waals surface area contributed by atoms with Crippen LogP contribution in [0.25, 0.3) is 0 Å². The van der Waals surface area contributed by atoms with Gasteiger partial charge in [-0.25, -0.2) is 9.59 Å². The van der Waals surface area contributed by atoms with E-state index in [1.165, 1.54) is 12.0 Å². The summed E-state index contributed by atoms with van der Waals surface area (Å²) in [6, 6.07) is -0.640. The first-order chi connectivity index (χ1) is 11.5. The first-order valence-electron chi connectivity index (χ1n) is 9.02. The molecule has 6 nitrogen and oxygen atoms in total. The fourth-order valence-electron chi connectivity index (χ4n) is 3.82. The Bertz CT molecular complexity index is 474. The van der Waals surface area contributed by atoms with E-state index in [1.807, 2.05) is 0 Å². The molecule has 2 aliphatic rings. The molecule has 1 aliphatic carbocycles. The molecular formula is C18H29NO5. The number of methoxy groups -OCH3 is 1. The summed E-state index contributed by atoms with van der Waals surface area (Å²) in [6.07, 6.45) is 3.77. The number of carbonyl (C=O) groups excluding carboxylic acids is 3. The van der Waals surface area contributed by atoms with Crippen LogP contribution in [0.15, 0.2) is 0 Å². The molecule has 1 heterocycles. The van der Waals surface area contributed by atoms with Gasteiger partial charge in [0.1, 0.15) is 11.8 Å². The molecule has 0 aromatic carbocycles. The summed E-state index contributed by atoms with van der Waals surface area (Å²) < 4.78 is 10.3. The van der Waals surface area contributed by atoms with Crippen LogP contribution in [0.3, 0.4) is 0 Å². The van der Waals surface area contributed by atoms with Crippen molar-refractivity contribution >= 4 is 17.8 Å². The minimum Gasteiger partial charge on any atom is -0.464 e. The van der Waals surface area contributed by atoms with Crippen molar-refractivity contribution in [1.82, 2.24) is 4.90 Å². The third kappa shape index (κ3) is 4.28. The van der Waals surface area contributed by atoms with E-state index >= 15 is 0 Å². The van der Waals surface area contributed by atoms with Crippen molar-refractivity contribution in [2.24, 2.45) is 17.8 Å². The lowest BCUT2D eigenvalue weighted by Crippen LogP contribution is -2.55. The summed E-state index contributed by atoms with van der Waals surface area (Å²) in [5.74, 6) is 0.659. The average molecular weight is 339 g/mol. The molecule has 3 atom stereocenters. The van der Waals surface area contributed by atoms with E-state index < -0.39 is 12.1 Å². The lowest BCUT2D eigenvalue weighted by atomic mass is 9.72. The highest BCUT2D eigenvalue weighted by Crippen LogP contribution is 2.38. The maximum Gasteiger partial charge on any atom is 0.410 e. The monoisotopic (exact) mass is 339 g/mol. The number of Topliss-reactive ketones (excluding diaryl/α,β-unsaturated/α-hetero) is 1. The minimum absolute atomic E-state index is 0.165. The number of fused-ring (bicyclic) bond motifs is 1. The highest BCUT2D eigenvalue weighted by atomic mass is 16.6. The van der Waals surface area contributed by atoms with Gasteiger partial charge in [-0.05, 0) is 30.6 Å². The SMILES string of the molecule is CCC(CC)COC(=O)[C@@H]1C[C@H]2CC(=O)CC[C@H]2CN1C(=O)OC. The fourth-order valence-corrected chi connectivity index (χ4v) is 3.82. The summed E-state index contributed by atoms with van der Waals surface area (Å²) in [5, 5.41) is 0. The van der Waals surface area contributed by atoms with Crippen molar-refractivity contribution in [3.63, 3.8) is 0 Å². The number of nitrogens with zero attached hydrogens (tertiary/aromatic N) is 1. The third-order valence-corrected chi connectivity index (χ3v) is 5.58. The van der Waals surface area contributed by atoms with Gasteiger partial charge in [0.15, 0.2) is 0 Å². The van der Waals surface area contributed by atoms with E-state index in [4.69, 9.17) is 9.47 Å². The van der Waals surface area contributed by atoms with Crippen LogP contribution in [0.4, 0.5) is 4.79 Å². The van der Waals surface area contributed by atoms with Crippen LogP contribution in [0, 0.1) is 17.8 Å². The summed E-state index contributed by atoms with van der Waals surface area (Å²) in [4.78, 5) is 37.9. The Morgan fingerprint density at radius 1 is 1.25 bits per heavy atom. The molecule has 0 aromatic rings. The summed E-state index contributed by atoms with van der Waals surface area (Å²) in [6.45, 7) is 4.99. The number of rotatable bonds is 5. The Labute approximate surface area is 143 Å². The molecule has 0 bridgehead atoms. The van der Waals surface area contributed by atoms with Gasteiger partial charge in [0, 0.05) is 19.4 Å². The first kappa shape index (κ1) is 18.7. The van der Waals surface area contributed by atoms with Crippen molar-refractivity contribution in [2.75, 3.05) is 20.3 Å². The van der Waals surface area contributed by atoms with Gasteiger partial charge in [-0.15, -0.1) is 0 Å². The molecule has 24 heavy (non-hydrogen) atoms. The smallest absolute Gasteiger partial charge is 0.410 e. The van der Waals surface area contributed by atoms with Gasteiger partial charge >= 0.3 is 12.1 Å². The molecule has 1 aliphatic heterocycles. The summed E-state index contributed by atoms with van der Waals surface area (Å²) in [5.41, 5.74) is 0. The first-order valence-corrected chi connectivity index (χ1v) is 9.02. The Morgan fingerprint density at radius 2 is 1.96 bits per heavy atom. The van der Waals surface area contributed by atoms with Crippen molar-refractivity contribution in [3.8, 4) is 0 Å². The van der Waals surface area contributed by atoms with Crippen LogP contribution in [0.5, 0.6) is 0 Å². The number of hydrogen-bond acceptors (Lipinski definition) is 5. The van der Waals surface area contributed by atoms with Gasteiger partial charge in [0.05, 0.1) is 13.7 Å². The highest BCUT2D eigenvalue weighted by molar-refractivity contribution is 5.83. The number of carbonyl (C=O) groups is 3. The van der Waals surface area contributed by atoms with Crippen molar-refractivity contribution in [1.29, 1.82) is 0 Å². The second-order valence-electron chi connectivity index (χ2n) is 6.99. The second-order valence-corrected chi connectivity index (χ2v) is 6.99. The van der Waals surface area contributed by atoms with Gasteiger partial charge < -0.3 is 9.47 Å². The normalized spacial score (nSPS) is 26.9. The van der Waals surface area contributed by atoms with Crippen LogP contribution >= 0.6 is 0 Å². The van der Waals surface area contributed by atoms with E-state index in [0.29, 0.717) is 38.3 Å². The molecule has 0 N–H and O–H groups in total. The molecule has 2 fully saturated rings. The maximum absolute atomic E-state index is 12.6. The lowest BCUT2D eigenvalue weighted by molar-refractivity contribution is -0.155. The Hall–Kier alpha value is -1.59. The number of ether oxygens (including phenoxy) is 2. The molecule has 0 spiro atoms. The molecule has 1 saturated carbocycles.